The first-order valence-corrected chi connectivity index (χ1v) is 41.8. The highest BCUT2D eigenvalue weighted by molar-refractivity contribution is 7.87. The van der Waals surface area contributed by atoms with Gasteiger partial charge in [0.25, 0.3) is 52.6 Å². The number of rotatable bonds is 28. The summed E-state index contributed by atoms with van der Waals surface area (Å²) in [4.78, 5) is 112. The van der Waals surface area contributed by atoms with Crippen LogP contribution in [0.3, 0.4) is 0 Å². The summed E-state index contributed by atoms with van der Waals surface area (Å²) in [6.07, 6.45) is -12.5. The molecule has 32 nitrogen and oxygen atoms in total. The smallest absolute Gasteiger partial charge is 0.330 e. The Balaban J connectivity index is 0.836. The summed E-state index contributed by atoms with van der Waals surface area (Å²) < 4.78 is 154. The molecule has 0 unspecified atom stereocenters. The second kappa shape index (κ2) is 31.0. The molecule has 7 aromatic rings. The SMILES string of the molecule is COc1ccc(C(OC[C@H]2O[C@@H](n3cc(C)c(=O)[nH]c3=O)C[C@@H]2OS(=O)(=O)CC[C@H]2O[C@@H](n3cc(C)c(=O)[nH]c3=O)C[C@@H]2OS(=O)(=O)CC[C@H]2O[C@@H](n3cc(C)c(=O)[nH]c3=O)C[C@@H]2OS(=O)(=O)CC[C@H]2O[C@@H](n3cc(C)c(=O)[nH]c3=O)C[C@@H]2O[Si](C)(C)C(C)(C)C)(c2ccccc2)c2ccccc2)cc1. The number of benzene rings is 3. The van der Waals surface area contributed by atoms with E-state index in [0.29, 0.717) is 22.4 Å². The first-order chi connectivity index (χ1) is 49.4. The molecule has 3 aromatic carbocycles. The lowest BCUT2D eigenvalue weighted by Crippen LogP contribution is -2.46. The Morgan fingerprint density at radius 2 is 0.733 bits per heavy atom. The number of ether oxygens (including phenoxy) is 6. The predicted octanol–water partition coefficient (Wildman–Crippen LogP) is 4.29. The molecule has 4 aliphatic rings. The zero-order chi connectivity index (χ0) is 75.9. The van der Waals surface area contributed by atoms with Crippen LogP contribution in [0.25, 0.3) is 0 Å². The van der Waals surface area contributed by atoms with E-state index >= 15 is 0 Å². The minimum atomic E-state index is -4.84. The molecular weight excluding hydrogens is 1450 g/mol. The minimum absolute atomic E-state index is 0.0652. The molecule has 4 saturated heterocycles. The van der Waals surface area contributed by atoms with Crippen molar-refractivity contribution >= 4 is 38.7 Å². The molecule has 4 aromatic heterocycles. The Bertz CT molecular complexity index is 5150. The molecule has 0 spiro atoms. The summed E-state index contributed by atoms with van der Waals surface area (Å²) in [5, 5.41) is -0.309. The molecule has 105 heavy (non-hydrogen) atoms. The molecule has 4 fully saturated rings. The average Bonchev–Trinajstić information content (AvgIpc) is 1.32. The molecule has 0 radical (unpaired) electrons. The lowest BCUT2D eigenvalue weighted by atomic mass is 9.80. The zero-order valence-electron chi connectivity index (χ0n) is 59.4. The molecule has 0 aliphatic carbocycles. The standard InChI is InChI=1S/C69H86N8O24S3Si/c1-40-35-74(64(82)70-60(40)78)56-31-51(49(95-56)26-29-104(90,91)100-53-33-58(76-37-42(3)62(80)72-66(76)84)97-55(53)39-93-69(44-17-13-11-14-18-44,45-19-15-12-16-20-45)46-21-23-47(92-8)24-22-46)98-102(86,87)28-25-48-52(32-57(94-48)75-36-41(2)61(79)71-65(75)83)99-103(88,89)30-27-50-54(101-105(9,10)68(5,6)7)34-59(96-50)77-38-43(4)63(81)73-67(77)85/h11-24,35-38,48-59H,25-34,39H2,1-10H3,(H,70,78,82)(H,71,79,83)(H,72,80,84)(H,73,81,85)/t48-,49-,50-,51+,52+,53+,54+,55-,56-,57-,58-,59-/m1/s1. The lowest BCUT2D eigenvalue weighted by Gasteiger charge is -2.39. The largest absolute Gasteiger partial charge is 0.497 e. The minimum Gasteiger partial charge on any atom is -0.497 e. The van der Waals surface area contributed by atoms with Gasteiger partial charge in [-0.15, -0.1) is 0 Å². The van der Waals surface area contributed by atoms with Crippen LogP contribution in [0.5, 0.6) is 5.75 Å². The number of aryl methyl sites for hydroxylation is 4. The van der Waals surface area contributed by atoms with E-state index in [0.717, 1.165) is 13.7 Å². The molecule has 11 rings (SSSR count). The van der Waals surface area contributed by atoms with Gasteiger partial charge in [0.15, 0.2) is 8.32 Å². The number of hydrogen-bond acceptors (Lipinski definition) is 24. The molecule has 0 amide bonds. The second-order valence-corrected chi connectivity index (χ2v) is 38.2. The Kier molecular flexibility index (Phi) is 23.0. The van der Waals surface area contributed by atoms with Crippen molar-refractivity contribution in [2.75, 3.05) is 31.0 Å². The Morgan fingerprint density at radius 1 is 0.438 bits per heavy atom. The first kappa shape index (κ1) is 78.0. The van der Waals surface area contributed by atoms with Crippen molar-refractivity contribution < 1.29 is 70.6 Å². The van der Waals surface area contributed by atoms with Crippen LogP contribution in [-0.2, 0) is 76.6 Å². The van der Waals surface area contributed by atoms with Crippen LogP contribution in [0, 0.1) is 27.7 Å². The quantitative estimate of drug-likeness (QED) is 0.0302. The van der Waals surface area contributed by atoms with Gasteiger partial charge in [0, 0.05) is 72.7 Å². The topological polar surface area (TPSA) is 414 Å². The molecule has 0 saturated carbocycles. The van der Waals surface area contributed by atoms with Crippen LogP contribution < -0.4 is 49.7 Å². The highest BCUT2D eigenvalue weighted by atomic mass is 32.2. The van der Waals surface area contributed by atoms with E-state index < -0.39 is 200 Å². The van der Waals surface area contributed by atoms with E-state index in [1.54, 1.807) is 12.1 Å². The van der Waals surface area contributed by atoms with Crippen LogP contribution >= 0.6 is 0 Å². The van der Waals surface area contributed by atoms with Crippen molar-refractivity contribution in [1.29, 1.82) is 0 Å². The van der Waals surface area contributed by atoms with Crippen molar-refractivity contribution in [2.24, 2.45) is 0 Å². The summed E-state index contributed by atoms with van der Waals surface area (Å²) in [6.45, 7) is 15.5. The average molecular weight is 1540 g/mol. The maximum Gasteiger partial charge on any atom is 0.330 e. The van der Waals surface area contributed by atoms with Gasteiger partial charge in [-0.2, -0.15) is 25.3 Å². The third-order valence-corrected chi connectivity index (χ3v) is 28.2. The van der Waals surface area contributed by atoms with Gasteiger partial charge < -0.3 is 32.8 Å². The first-order valence-electron chi connectivity index (χ1n) is 34.1. The Hall–Kier alpha value is -8.11. The molecule has 0 bridgehead atoms. The number of nitrogens with one attached hydrogen (secondary N) is 4. The third kappa shape index (κ3) is 17.6. The fourth-order valence-electron chi connectivity index (χ4n) is 13.2. The van der Waals surface area contributed by atoms with E-state index in [1.807, 2.05) is 107 Å². The molecule has 4 aliphatic heterocycles. The summed E-state index contributed by atoms with van der Waals surface area (Å²) in [6, 6.07) is 25.6. The Labute approximate surface area is 604 Å². The van der Waals surface area contributed by atoms with E-state index in [2.05, 4.69) is 19.9 Å². The van der Waals surface area contributed by atoms with Gasteiger partial charge in [-0.25, -0.2) is 19.2 Å². The van der Waals surface area contributed by atoms with Gasteiger partial charge in [-0.3, -0.25) is 69.9 Å². The summed E-state index contributed by atoms with van der Waals surface area (Å²) in [5.41, 5.74) is -5.07. The van der Waals surface area contributed by atoms with Crippen LogP contribution in [0.1, 0.15) is 130 Å². The fourth-order valence-corrected chi connectivity index (χ4v) is 18.2. The summed E-state index contributed by atoms with van der Waals surface area (Å²) >= 11 is 0. The van der Waals surface area contributed by atoms with Crippen molar-refractivity contribution in [3.63, 3.8) is 0 Å². The summed E-state index contributed by atoms with van der Waals surface area (Å²) in [5.74, 6) is -1.96. The van der Waals surface area contributed by atoms with Crippen molar-refractivity contribution in [2.45, 2.75) is 191 Å². The maximum absolute atomic E-state index is 14.7. The van der Waals surface area contributed by atoms with Gasteiger partial charge >= 0.3 is 22.8 Å². The third-order valence-electron chi connectivity index (χ3n) is 19.9. The predicted molar refractivity (Wildman–Crippen MR) is 382 cm³/mol. The number of methoxy groups -OCH3 is 1. The zero-order valence-corrected chi connectivity index (χ0v) is 62.9. The van der Waals surface area contributed by atoms with Gasteiger partial charge in [-0.1, -0.05) is 93.6 Å². The highest BCUT2D eigenvalue weighted by Gasteiger charge is 2.49. The van der Waals surface area contributed by atoms with E-state index in [4.69, 9.17) is 45.4 Å². The van der Waals surface area contributed by atoms with Gasteiger partial charge in [0.1, 0.15) is 60.7 Å². The van der Waals surface area contributed by atoms with Crippen LogP contribution in [-0.4, -0.2) is 152 Å². The van der Waals surface area contributed by atoms with Gasteiger partial charge in [0.05, 0.1) is 55.4 Å². The van der Waals surface area contributed by atoms with E-state index in [1.165, 1.54) is 64.2 Å². The number of nitrogens with zero attached hydrogens (tertiary/aromatic N) is 4. The maximum atomic E-state index is 14.7. The number of hydrogen-bond donors (Lipinski definition) is 4. The van der Waals surface area contributed by atoms with Crippen molar-refractivity contribution in [3.05, 3.63) is 232 Å². The molecule has 568 valence electrons. The molecular formula is C69H86N8O24S3Si. The second-order valence-electron chi connectivity index (χ2n) is 28.3. The number of aromatic nitrogens is 8. The number of aromatic amines is 4. The van der Waals surface area contributed by atoms with Gasteiger partial charge in [-0.05, 0) is 93.9 Å². The van der Waals surface area contributed by atoms with Crippen molar-refractivity contribution in [1.82, 2.24) is 38.2 Å². The normalized spacial score (nSPS) is 24.0. The fraction of sp³-hybridized carbons (Fsp3) is 0.507. The summed E-state index contributed by atoms with van der Waals surface area (Å²) in [7, 11) is -15.3. The highest BCUT2D eigenvalue weighted by Crippen LogP contribution is 2.45. The van der Waals surface area contributed by atoms with E-state index in [9.17, 15) is 63.6 Å². The monoisotopic (exact) mass is 1530 g/mol. The Morgan fingerprint density at radius 3 is 1.06 bits per heavy atom. The molecule has 12 atom stereocenters. The van der Waals surface area contributed by atoms with Crippen molar-refractivity contribution in [3.8, 4) is 5.75 Å². The van der Waals surface area contributed by atoms with Crippen LogP contribution in [0.2, 0.25) is 18.1 Å². The molecule has 8 heterocycles. The lowest BCUT2D eigenvalue weighted by molar-refractivity contribution is -0.0911. The van der Waals surface area contributed by atoms with Crippen LogP contribution in [0.15, 0.2) is 148 Å². The molecule has 36 heteroatoms. The number of H-pyrrole nitrogens is 4. The van der Waals surface area contributed by atoms with Crippen LogP contribution in [0.4, 0.5) is 0 Å². The van der Waals surface area contributed by atoms with Gasteiger partial charge in [0.2, 0.25) is 0 Å². The van der Waals surface area contributed by atoms with E-state index in [-0.39, 0.29) is 59.6 Å². The molecule has 4 N–H and O–H groups in total.